The molecule has 0 saturated carbocycles. The first-order valence-electron chi connectivity index (χ1n) is 6.82. The molecule has 0 atom stereocenters. The number of aromatic nitrogens is 2. The van der Waals surface area contributed by atoms with Gasteiger partial charge in [-0.15, -0.1) is 0 Å². The molecule has 116 valence electrons. The second kappa shape index (κ2) is 5.89. The Bertz CT molecular complexity index is 954. The lowest BCUT2D eigenvalue weighted by Gasteiger charge is -2.08. The molecule has 0 radical (unpaired) electrons. The molecule has 3 rings (SSSR count). The van der Waals surface area contributed by atoms with Crippen molar-refractivity contribution in [3.8, 4) is 22.5 Å². The van der Waals surface area contributed by atoms with E-state index in [0.717, 1.165) is 6.26 Å². The quantitative estimate of drug-likeness (QED) is 0.740. The highest BCUT2D eigenvalue weighted by Crippen LogP contribution is 2.29. The van der Waals surface area contributed by atoms with Crippen molar-refractivity contribution in [2.45, 2.75) is 4.90 Å². The van der Waals surface area contributed by atoms with Gasteiger partial charge in [-0.05, 0) is 24.3 Å². The summed E-state index contributed by atoms with van der Waals surface area (Å²) in [6.45, 7) is 0. The summed E-state index contributed by atoms with van der Waals surface area (Å²) in [5, 5.41) is 0. The molecule has 6 heteroatoms. The van der Waals surface area contributed by atoms with E-state index < -0.39 is 9.84 Å². The van der Waals surface area contributed by atoms with Gasteiger partial charge in [0, 0.05) is 29.8 Å². The molecule has 0 saturated heterocycles. The van der Waals surface area contributed by atoms with E-state index in [4.69, 9.17) is 0 Å². The van der Waals surface area contributed by atoms with Crippen LogP contribution in [0.2, 0.25) is 0 Å². The molecule has 0 aliphatic carbocycles. The highest BCUT2D eigenvalue weighted by molar-refractivity contribution is 7.90. The summed E-state index contributed by atoms with van der Waals surface area (Å²) in [6, 6.07) is 12.5. The minimum absolute atomic E-state index is 0.234. The van der Waals surface area contributed by atoms with Crippen LogP contribution in [0.15, 0.2) is 65.8 Å². The lowest BCUT2D eigenvalue weighted by Crippen LogP contribution is -1.97. The molecule has 0 N–H and O–H groups in total. The zero-order valence-corrected chi connectivity index (χ0v) is 13.1. The SMILES string of the molecule is CS(=O)(=O)c1ccc(-c2nccnc2-c2cccc(F)c2)cc1. The summed E-state index contributed by atoms with van der Waals surface area (Å²) in [4.78, 5) is 8.84. The Balaban J connectivity index is 2.11. The van der Waals surface area contributed by atoms with E-state index in [0.29, 0.717) is 22.5 Å². The Labute approximate surface area is 133 Å². The molecule has 0 bridgehead atoms. The highest BCUT2D eigenvalue weighted by Gasteiger charge is 2.12. The summed E-state index contributed by atoms with van der Waals surface area (Å²) >= 11 is 0. The predicted molar refractivity (Wildman–Crippen MR) is 86.0 cm³/mol. The molecule has 1 heterocycles. The minimum Gasteiger partial charge on any atom is -0.252 e. The molecule has 0 fully saturated rings. The Morgan fingerprint density at radius 2 is 1.48 bits per heavy atom. The normalized spacial score (nSPS) is 11.4. The minimum atomic E-state index is -3.26. The zero-order chi connectivity index (χ0) is 16.4. The fourth-order valence-electron chi connectivity index (χ4n) is 2.26. The first kappa shape index (κ1) is 15.3. The smallest absolute Gasteiger partial charge is 0.175 e. The van der Waals surface area contributed by atoms with Crippen molar-refractivity contribution >= 4 is 9.84 Å². The van der Waals surface area contributed by atoms with Crippen LogP contribution in [0, 0.1) is 5.82 Å². The number of benzene rings is 2. The molecule has 3 aromatic rings. The summed E-state index contributed by atoms with van der Waals surface area (Å²) in [7, 11) is -3.26. The molecule has 0 unspecified atom stereocenters. The average molecular weight is 328 g/mol. The van der Waals surface area contributed by atoms with Crippen LogP contribution in [0.1, 0.15) is 0 Å². The van der Waals surface area contributed by atoms with Gasteiger partial charge in [0.1, 0.15) is 5.82 Å². The van der Waals surface area contributed by atoms with E-state index in [1.807, 2.05) is 0 Å². The number of hydrogen-bond donors (Lipinski definition) is 0. The van der Waals surface area contributed by atoms with Crippen molar-refractivity contribution in [3.05, 3.63) is 66.7 Å². The molecule has 2 aromatic carbocycles. The summed E-state index contributed by atoms with van der Waals surface area (Å²) in [6.07, 6.45) is 4.24. The van der Waals surface area contributed by atoms with Crippen LogP contribution in [0.4, 0.5) is 4.39 Å². The summed E-state index contributed by atoms with van der Waals surface area (Å²) in [5.41, 5.74) is 2.43. The average Bonchev–Trinajstić information content (AvgIpc) is 2.54. The Hall–Kier alpha value is -2.60. The van der Waals surface area contributed by atoms with Crippen LogP contribution in [-0.4, -0.2) is 24.6 Å². The maximum atomic E-state index is 13.5. The standard InChI is InChI=1S/C17H13FN2O2S/c1-23(21,22)15-7-5-12(6-8-15)16-17(20-10-9-19-16)13-3-2-4-14(18)11-13/h2-11H,1H3. The van der Waals surface area contributed by atoms with E-state index in [1.165, 1.54) is 30.5 Å². The molecule has 0 amide bonds. The number of sulfone groups is 1. The largest absolute Gasteiger partial charge is 0.252 e. The van der Waals surface area contributed by atoms with Crippen LogP contribution in [0.3, 0.4) is 0 Å². The molecular formula is C17H13FN2O2S. The van der Waals surface area contributed by atoms with E-state index >= 15 is 0 Å². The lowest BCUT2D eigenvalue weighted by molar-refractivity contribution is 0.602. The molecule has 0 aliphatic heterocycles. The van der Waals surface area contributed by atoms with E-state index in [9.17, 15) is 12.8 Å². The predicted octanol–water partition coefficient (Wildman–Crippen LogP) is 3.35. The molecule has 1 aromatic heterocycles. The number of nitrogens with zero attached hydrogens (tertiary/aromatic N) is 2. The van der Waals surface area contributed by atoms with Gasteiger partial charge >= 0.3 is 0 Å². The number of hydrogen-bond acceptors (Lipinski definition) is 4. The molecule has 4 nitrogen and oxygen atoms in total. The van der Waals surface area contributed by atoms with Crippen molar-refractivity contribution in [1.82, 2.24) is 9.97 Å². The zero-order valence-electron chi connectivity index (χ0n) is 12.3. The van der Waals surface area contributed by atoms with E-state index in [-0.39, 0.29) is 10.7 Å². The van der Waals surface area contributed by atoms with Gasteiger partial charge in [0.2, 0.25) is 0 Å². The van der Waals surface area contributed by atoms with Gasteiger partial charge in [0.25, 0.3) is 0 Å². The third kappa shape index (κ3) is 3.27. The first-order valence-corrected chi connectivity index (χ1v) is 8.72. The van der Waals surface area contributed by atoms with Gasteiger partial charge < -0.3 is 0 Å². The maximum absolute atomic E-state index is 13.5. The van der Waals surface area contributed by atoms with Crippen molar-refractivity contribution < 1.29 is 12.8 Å². The number of halogens is 1. The third-order valence-electron chi connectivity index (χ3n) is 3.35. The van der Waals surface area contributed by atoms with Crippen LogP contribution < -0.4 is 0 Å². The maximum Gasteiger partial charge on any atom is 0.175 e. The van der Waals surface area contributed by atoms with Crippen molar-refractivity contribution in [2.24, 2.45) is 0 Å². The van der Waals surface area contributed by atoms with Crippen molar-refractivity contribution in [3.63, 3.8) is 0 Å². The third-order valence-corrected chi connectivity index (χ3v) is 4.48. The van der Waals surface area contributed by atoms with Gasteiger partial charge in [-0.2, -0.15) is 0 Å². The van der Waals surface area contributed by atoms with Crippen LogP contribution in [0.5, 0.6) is 0 Å². The second-order valence-electron chi connectivity index (χ2n) is 5.06. The summed E-state index contributed by atoms with van der Waals surface area (Å²) < 4.78 is 36.5. The fraction of sp³-hybridized carbons (Fsp3) is 0.0588. The van der Waals surface area contributed by atoms with E-state index in [2.05, 4.69) is 9.97 Å². The molecule has 0 spiro atoms. The van der Waals surface area contributed by atoms with Crippen LogP contribution in [0.25, 0.3) is 22.5 Å². The summed E-state index contributed by atoms with van der Waals surface area (Å²) in [5.74, 6) is -0.355. The van der Waals surface area contributed by atoms with Crippen LogP contribution >= 0.6 is 0 Å². The van der Waals surface area contributed by atoms with Crippen molar-refractivity contribution in [1.29, 1.82) is 0 Å². The lowest BCUT2D eigenvalue weighted by atomic mass is 10.0. The van der Waals surface area contributed by atoms with Crippen molar-refractivity contribution in [2.75, 3.05) is 6.26 Å². The van der Waals surface area contributed by atoms with Gasteiger partial charge in [-0.3, -0.25) is 9.97 Å². The monoisotopic (exact) mass is 328 g/mol. The van der Waals surface area contributed by atoms with Gasteiger partial charge in [-0.25, -0.2) is 12.8 Å². The van der Waals surface area contributed by atoms with Gasteiger partial charge in [0.15, 0.2) is 9.84 Å². The van der Waals surface area contributed by atoms with Gasteiger partial charge in [0.05, 0.1) is 16.3 Å². The first-order chi connectivity index (χ1) is 10.9. The highest BCUT2D eigenvalue weighted by atomic mass is 32.2. The van der Waals surface area contributed by atoms with Gasteiger partial charge in [-0.1, -0.05) is 24.3 Å². The molecule has 23 heavy (non-hydrogen) atoms. The Morgan fingerprint density at radius 1 is 0.870 bits per heavy atom. The Kier molecular flexibility index (Phi) is 3.92. The topological polar surface area (TPSA) is 59.9 Å². The number of rotatable bonds is 3. The second-order valence-corrected chi connectivity index (χ2v) is 7.08. The van der Waals surface area contributed by atoms with Crippen LogP contribution in [-0.2, 0) is 9.84 Å². The fourth-order valence-corrected chi connectivity index (χ4v) is 2.89. The molecular weight excluding hydrogens is 315 g/mol. The Morgan fingerprint density at radius 3 is 2.04 bits per heavy atom. The van der Waals surface area contributed by atoms with E-state index in [1.54, 1.807) is 30.5 Å². The molecule has 0 aliphatic rings.